The summed E-state index contributed by atoms with van der Waals surface area (Å²) in [5.74, 6) is -2.01. The van der Waals surface area contributed by atoms with E-state index >= 15 is 0 Å². The van der Waals surface area contributed by atoms with Crippen LogP contribution in [0.4, 0.5) is 0 Å². The first-order chi connectivity index (χ1) is 8.59. The first-order valence-electron chi connectivity index (χ1n) is 5.47. The summed E-state index contributed by atoms with van der Waals surface area (Å²) in [4.78, 5) is 16.3. The van der Waals surface area contributed by atoms with Gasteiger partial charge in [-0.3, -0.25) is 4.84 Å². The van der Waals surface area contributed by atoms with Crippen LogP contribution in [0, 0.1) is 0 Å². The molecule has 0 aromatic heterocycles. The van der Waals surface area contributed by atoms with E-state index in [0.29, 0.717) is 0 Å². The van der Waals surface area contributed by atoms with E-state index in [-0.39, 0.29) is 12.5 Å². The Morgan fingerprint density at radius 3 is 2.67 bits per heavy atom. The van der Waals surface area contributed by atoms with Crippen LogP contribution in [0.25, 0.3) is 0 Å². The van der Waals surface area contributed by atoms with Crippen molar-refractivity contribution in [3.63, 3.8) is 0 Å². The molecule has 6 heteroatoms. The average molecular weight is 253 g/mol. The smallest absolute Gasteiger partial charge is 0.368 e. The third kappa shape index (κ3) is 2.31. The van der Waals surface area contributed by atoms with Gasteiger partial charge in [-0.15, -0.1) is 0 Å². The molecule has 1 aliphatic heterocycles. The summed E-state index contributed by atoms with van der Waals surface area (Å²) in [6, 6.07) is 6.99. The zero-order valence-electron chi connectivity index (χ0n) is 10.2. The highest BCUT2D eigenvalue weighted by Crippen LogP contribution is 2.32. The molecule has 0 aliphatic carbocycles. The minimum atomic E-state index is -1.93. The predicted molar refractivity (Wildman–Crippen MR) is 61.5 cm³/mol. The molecule has 1 fully saturated rings. The number of nitrogens with one attached hydrogen (secondary N) is 1. The molecule has 0 radical (unpaired) electrons. The minimum absolute atomic E-state index is 0.0893. The maximum absolute atomic E-state index is 11.4. The van der Waals surface area contributed by atoms with Gasteiger partial charge in [0.1, 0.15) is 5.75 Å². The Hall–Kier alpha value is -1.63. The van der Waals surface area contributed by atoms with Crippen LogP contribution in [0.1, 0.15) is 18.0 Å². The van der Waals surface area contributed by atoms with E-state index in [0.717, 1.165) is 11.3 Å². The maximum atomic E-state index is 11.4. The number of carbonyl (C=O) groups is 1. The predicted octanol–water partition coefficient (Wildman–Crippen LogP) is 0.523. The number of benzene rings is 1. The van der Waals surface area contributed by atoms with Gasteiger partial charge in [-0.1, -0.05) is 12.1 Å². The van der Waals surface area contributed by atoms with Gasteiger partial charge in [0.25, 0.3) is 5.79 Å². The lowest BCUT2D eigenvalue weighted by Gasteiger charge is -2.16. The second kappa shape index (κ2) is 4.93. The summed E-state index contributed by atoms with van der Waals surface area (Å²) in [5.41, 5.74) is 3.51. The molecule has 1 aromatic carbocycles. The van der Waals surface area contributed by atoms with Gasteiger partial charge in [-0.2, -0.15) is 5.48 Å². The van der Waals surface area contributed by atoms with Crippen LogP contribution in [0.5, 0.6) is 5.75 Å². The lowest BCUT2D eigenvalue weighted by molar-refractivity contribution is -0.224. The molecule has 0 spiro atoms. The lowest BCUT2D eigenvalue weighted by atomic mass is 10.0. The zero-order chi connectivity index (χ0) is 13.2. The quantitative estimate of drug-likeness (QED) is 0.765. The Balaban J connectivity index is 2.10. The van der Waals surface area contributed by atoms with Gasteiger partial charge in [-0.05, 0) is 17.7 Å². The number of carbonyl (C=O) groups excluding carboxylic acids is 1. The number of aliphatic hydroxyl groups is 1. The van der Waals surface area contributed by atoms with Crippen molar-refractivity contribution < 1.29 is 24.2 Å². The molecule has 2 N–H and O–H groups in total. The van der Waals surface area contributed by atoms with Gasteiger partial charge in [-0.25, -0.2) is 4.79 Å². The van der Waals surface area contributed by atoms with E-state index < -0.39 is 11.8 Å². The summed E-state index contributed by atoms with van der Waals surface area (Å²) in [6.07, 6.45) is 0.0893. The number of ether oxygens (including phenoxy) is 2. The summed E-state index contributed by atoms with van der Waals surface area (Å²) in [5, 5.41) is 9.91. The topological polar surface area (TPSA) is 77.0 Å². The fourth-order valence-electron chi connectivity index (χ4n) is 1.84. The number of hydrogen-bond acceptors (Lipinski definition) is 6. The molecule has 6 nitrogen and oxygen atoms in total. The molecule has 0 saturated carbocycles. The second-order valence-electron chi connectivity index (χ2n) is 4.03. The van der Waals surface area contributed by atoms with Gasteiger partial charge in [0, 0.05) is 6.42 Å². The Kier molecular flexibility index (Phi) is 3.51. The van der Waals surface area contributed by atoms with Crippen molar-refractivity contribution in [1.82, 2.24) is 5.48 Å². The molecule has 1 saturated heterocycles. The Morgan fingerprint density at radius 2 is 2.11 bits per heavy atom. The van der Waals surface area contributed by atoms with E-state index in [1.54, 1.807) is 19.2 Å². The molecule has 98 valence electrons. The molecular formula is C12H15NO5. The largest absolute Gasteiger partial charge is 0.497 e. The van der Waals surface area contributed by atoms with E-state index in [1.165, 1.54) is 7.11 Å². The average Bonchev–Trinajstić information content (AvgIpc) is 2.82. The van der Waals surface area contributed by atoms with E-state index in [1.807, 2.05) is 12.1 Å². The summed E-state index contributed by atoms with van der Waals surface area (Å²) >= 11 is 0. The van der Waals surface area contributed by atoms with Crippen LogP contribution in [0.2, 0.25) is 0 Å². The third-order valence-electron chi connectivity index (χ3n) is 2.87. The molecule has 0 amide bonds. The summed E-state index contributed by atoms with van der Waals surface area (Å²) < 4.78 is 9.54. The second-order valence-corrected chi connectivity index (χ2v) is 4.03. The molecule has 0 bridgehead atoms. The molecule has 2 atom stereocenters. The fraction of sp³-hybridized carbons (Fsp3) is 0.417. The van der Waals surface area contributed by atoms with Crippen LogP contribution < -0.4 is 10.2 Å². The Morgan fingerprint density at radius 1 is 1.44 bits per heavy atom. The van der Waals surface area contributed by atoms with Crippen molar-refractivity contribution >= 4 is 5.97 Å². The molecule has 0 unspecified atom stereocenters. The Labute approximate surface area is 104 Å². The van der Waals surface area contributed by atoms with Crippen LogP contribution in [0.3, 0.4) is 0 Å². The summed E-state index contributed by atoms with van der Waals surface area (Å²) in [6.45, 7) is 0. The van der Waals surface area contributed by atoms with Gasteiger partial charge >= 0.3 is 5.97 Å². The lowest BCUT2D eigenvalue weighted by Crippen LogP contribution is -2.39. The van der Waals surface area contributed by atoms with Crippen molar-refractivity contribution in [3.05, 3.63) is 29.8 Å². The van der Waals surface area contributed by atoms with Crippen molar-refractivity contribution in [1.29, 1.82) is 0 Å². The van der Waals surface area contributed by atoms with Gasteiger partial charge in [0.15, 0.2) is 0 Å². The van der Waals surface area contributed by atoms with Crippen LogP contribution in [-0.2, 0) is 14.4 Å². The van der Waals surface area contributed by atoms with Gasteiger partial charge in [0.05, 0.1) is 20.3 Å². The summed E-state index contributed by atoms with van der Waals surface area (Å²) in [7, 11) is 2.78. The fourth-order valence-corrected chi connectivity index (χ4v) is 1.84. The monoisotopic (exact) mass is 253 g/mol. The van der Waals surface area contributed by atoms with Gasteiger partial charge in [0.2, 0.25) is 0 Å². The van der Waals surface area contributed by atoms with E-state index in [4.69, 9.17) is 9.57 Å². The van der Waals surface area contributed by atoms with E-state index in [9.17, 15) is 9.90 Å². The van der Waals surface area contributed by atoms with Crippen molar-refractivity contribution in [2.45, 2.75) is 18.2 Å². The molecule has 1 heterocycles. The maximum Gasteiger partial charge on any atom is 0.368 e. The normalized spacial score (nSPS) is 26.9. The standard InChI is InChI=1S/C12H15NO5/c1-16-9-5-3-8(4-6-9)10-7-12(15,18-13-10)11(14)17-2/h3-6,10,13,15H,7H2,1-2H3/t10-,12-/m1/s1. The van der Waals surface area contributed by atoms with Crippen LogP contribution in [0.15, 0.2) is 24.3 Å². The zero-order valence-corrected chi connectivity index (χ0v) is 10.2. The number of hydroxylamine groups is 1. The Bertz CT molecular complexity index is 433. The number of methoxy groups -OCH3 is 2. The highest BCUT2D eigenvalue weighted by molar-refractivity contribution is 5.77. The number of esters is 1. The minimum Gasteiger partial charge on any atom is -0.497 e. The number of hydrogen-bond donors (Lipinski definition) is 2. The molecule has 1 aromatic rings. The molecule has 1 aliphatic rings. The SMILES string of the molecule is COC(=O)[C@@]1(O)C[C@H](c2ccc(OC)cc2)NO1. The third-order valence-corrected chi connectivity index (χ3v) is 2.87. The molecule has 18 heavy (non-hydrogen) atoms. The van der Waals surface area contributed by atoms with Crippen molar-refractivity contribution in [2.24, 2.45) is 0 Å². The van der Waals surface area contributed by atoms with Crippen LogP contribution in [-0.4, -0.2) is 31.1 Å². The number of rotatable bonds is 3. The van der Waals surface area contributed by atoms with E-state index in [2.05, 4.69) is 10.2 Å². The molecular weight excluding hydrogens is 238 g/mol. The highest BCUT2D eigenvalue weighted by atomic mass is 16.8. The van der Waals surface area contributed by atoms with Crippen molar-refractivity contribution in [3.8, 4) is 5.75 Å². The first kappa shape index (κ1) is 12.8. The van der Waals surface area contributed by atoms with Crippen LogP contribution >= 0.6 is 0 Å². The highest BCUT2D eigenvalue weighted by Gasteiger charge is 2.47. The molecule has 2 rings (SSSR count). The van der Waals surface area contributed by atoms with Crippen molar-refractivity contribution in [2.75, 3.05) is 14.2 Å². The first-order valence-corrected chi connectivity index (χ1v) is 5.47. The van der Waals surface area contributed by atoms with Gasteiger partial charge < -0.3 is 14.6 Å².